The highest BCUT2D eigenvalue weighted by atomic mass is 35.5. The Hall–Kier alpha value is -1.78. The summed E-state index contributed by atoms with van der Waals surface area (Å²) >= 11 is 11.7. The van der Waals surface area contributed by atoms with E-state index in [1.807, 2.05) is 0 Å². The van der Waals surface area contributed by atoms with Gasteiger partial charge < -0.3 is 10.1 Å². The molecule has 0 saturated carbocycles. The van der Waals surface area contributed by atoms with Crippen molar-refractivity contribution in [1.29, 1.82) is 0 Å². The zero-order valence-electron chi connectivity index (χ0n) is 9.98. The number of hydrogen-bond donors (Lipinski definition) is 1. The van der Waals surface area contributed by atoms with E-state index in [1.54, 1.807) is 36.5 Å². The molecule has 4 nitrogen and oxygen atoms in total. The lowest BCUT2D eigenvalue weighted by molar-refractivity contribution is 0.102. The van der Waals surface area contributed by atoms with Crippen molar-refractivity contribution in [3.05, 3.63) is 52.1 Å². The van der Waals surface area contributed by atoms with Crippen molar-refractivity contribution in [3.63, 3.8) is 0 Å². The van der Waals surface area contributed by atoms with Gasteiger partial charge in [0.15, 0.2) is 0 Å². The second-order valence-electron chi connectivity index (χ2n) is 3.67. The molecule has 1 aromatic heterocycles. The molecule has 0 unspecified atom stereocenters. The molecule has 1 aromatic carbocycles. The standard InChI is InChI=1S/C13H10Cl2N2O2/c1-19-13-11(3-2-4-16-13)12(18)17-10-6-8(14)5-9(15)7-10/h2-7H,1H3,(H,17,18). The number of rotatable bonds is 3. The molecule has 0 radical (unpaired) electrons. The van der Waals surface area contributed by atoms with Crippen molar-refractivity contribution in [2.24, 2.45) is 0 Å². The summed E-state index contributed by atoms with van der Waals surface area (Å²) in [5, 5.41) is 3.58. The molecule has 0 fully saturated rings. The first kappa shape index (κ1) is 13.6. The molecule has 0 spiro atoms. The first-order valence-electron chi connectivity index (χ1n) is 5.36. The Morgan fingerprint density at radius 3 is 2.58 bits per heavy atom. The molecular weight excluding hydrogens is 287 g/mol. The molecule has 0 aliphatic heterocycles. The van der Waals surface area contributed by atoms with Crippen molar-refractivity contribution < 1.29 is 9.53 Å². The summed E-state index contributed by atoms with van der Waals surface area (Å²) in [6.07, 6.45) is 1.55. The average Bonchev–Trinajstić information content (AvgIpc) is 2.37. The zero-order valence-corrected chi connectivity index (χ0v) is 11.5. The topological polar surface area (TPSA) is 51.2 Å². The first-order chi connectivity index (χ1) is 9.10. The van der Waals surface area contributed by atoms with Crippen LogP contribution in [0.25, 0.3) is 0 Å². The van der Waals surface area contributed by atoms with Crippen LogP contribution in [0.2, 0.25) is 10.0 Å². The highest BCUT2D eigenvalue weighted by Crippen LogP contribution is 2.23. The van der Waals surface area contributed by atoms with Crippen LogP contribution < -0.4 is 10.1 Å². The molecule has 2 aromatic rings. The minimum Gasteiger partial charge on any atom is -0.480 e. The molecule has 2 rings (SSSR count). The smallest absolute Gasteiger partial charge is 0.261 e. The number of carbonyl (C=O) groups is 1. The predicted molar refractivity (Wildman–Crippen MR) is 75.2 cm³/mol. The van der Waals surface area contributed by atoms with Gasteiger partial charge in [-0.3, -0.25) is 4.79 Å². The van der Waals surface area contributed by atoms with Crippen molar-refractivity contribution in [3.8, 4) is 5.88 Å². The van der Waals surface area contributed by atoms with Crippen LogP contribution in [0.3, 0.4) is 0 Å². The Morgan fingerprint density at radius 1 is 1.26 bits per heavy atom. The monoisotopic (exact) mass is 296 g/mol. The van der Waals surface area contributed by atoms with Gasteiger partial charge in [0.25, 0.3) is 5.91 Å². The minimum atomic E-state index is -0.344. The third kappa shape index (κ3) is 3.36. The van der Waals surface area contributed by atoms with Gasteiger partial charge in [-0.2, -0.15) is 0 Å². The van der Waals surface area contributed by atoms with Gasteiger partial charge in [0, 0.05) is 21.9 Å². The fourth-order valence-electron chi connectivity index (χ4n) is 1.55. The van der Waals surface area contributed by atoms with E-state index < -0.39 is 0 Å². The number of anilines is 1. The number of nitrogens with zero attached hydrogens (tertiary/aromatic N) is 1. The second-order valence-corrected chi connectivity index (χ2v) is 4.55. The molecule has 19 heavy (non-hydrogen) atoms. The minimum absolute atomic E-state index is 0.258. The fraction of sp³-hybridized carbons (Fsp3) is 0.0769. The van der Waals surface area contributed by atoms with Crippen molar-refractivity contribution in [2.45, 2.75) is 0 Å². The van der Waals surface area contributed by atoms with Gasteiger partial charge in [0.05, 0.1) is 7.11 Å². The summed E-state index contributed by atoms with van der Waals surface area (Å²) in [6.45, 7) is 0. The first-order valence-corrected chi connectivity index (χ1v) is 6.12. The van der Waals surface area contributed by atoms with Crippen LogP contribution in [0.15, 0.2) is 36.5 Å². The fourth-order valence-corrected chi connectivity index (χ4v) is 2.08. The number of hydrogen-bond acceptors (Lipinski definition) is 3. The van der Waals surface area contributed by atoms with Crippen molar-refractivity contribution >= 4 is 34.8 Å². The van der Waals surface area contributed by atoms with E-state index in [0.29, 0.717) is 21.3 Å². The van der Waals surface area contributed by atoms with Crippen LogP contribution in [-0.2, 0) is 0 Å². The highest BCUT2D eigenvalue weighted by Gasteiger charge is 2.13. The summed E-state index contributed by atoms with van der Waals surface area (Å²) < 4.78 is 5.03. The normalized spacial score (nSPS) is 10.1. The average molecular weight is 297 g/mol. The lowest BCUT2D eigenvalue weighted by Crippen LogP contribution is -2.13. The molecule has 0 aliphatic carbocycles. The lowest BCUT2D eigenvalue weighted by Gasteiger charge is -2.08. The number of carbonyl (C=O) groups excluding carboxylic acids is 1. The maximum absolute atomic E-state index is 12.1. The summed E-state index contributed by atoms with van der Waals surface area (Å²) in [6, 6.07) is 8.07. The Morgan fingerprint density at radius 2 is 1.95 bits per heavy atom. The Labute approximate surface area is 120 Å². The van der Waals surface area contributed by atoms with Crippen LogP contribution in [0.1, 0.15) is 10.4 Å². The third-order valence-corrected chi connectivity index (χ3v) is 2.77. The van der Waals surface area contributed by atoms with Gasteiger partial charge in [-0.15, -0.1) is 0 Å². The van der Waals surface area contributed by atoms with E-state index in [4.69, 9.17) is 27.9 Å². The number of ether oxygens (including phenoxy) is 1. The number of benzene rings is 1. The molecule has 0 aliphatic rings. The van der Waals surface area contributed by atoms with E-state index in [-0.39, 0.29) is 11.8 Å². The molecule has 0 bridgehead atoms. The van der Waals surface area contributed by atoms with Gasteiger partial charge >= 0.3 is 0 Å². The quantitative estimate of drug-likeness (QED) is 0.940. The van der Waals surface area contributed by atoms with Crippen LogP contribution in [-0.4, -0.2) is 18.0 Å². The number of halogens is 2. The highest BCUT2D eigenvalue weighted by molar-refractivity contribution is 6.35. The van der Waals surface area contributed by atoms with E-state index >= 15 is 0 Å². The Kier molecular flexibility index (Phi) is 4.24. The molecule has 1 amide bonds. The predicted octanol–water partition coefficient (Wildman–Crippen LogP) is 3.65. The van der Waals surface area contributed by atoms with E-state index in [1.165, 1.54) is 7.11 Å². The third-order valence-electron chi connectivity index (χ3n) is 2.33. The SMILES string of the molecule is COc1ncccc1C(=O)Nc1cc(Cl)cc(Cl)c1. The van der Waals surface area contributed by atoms with Crippen molar-refractivity contribution in [1.82, 2.24) is 4.98 Å². The Bertz CT molecular complexity index is 597. The van der Waals surface area contributed by atoms with Crippen molar-refractivity contribution in [2.75, 3.05) is 12.4 Å². The van der Waals surface area contributed by atoms with Crippen LogP contribution in [0, 0.1) is 0 Å². The maximum atomic E-state index is 12.1. The van der Waals surface area contributed by atoms with Gasteiger partial charge in [0.2, 0.25) is 5.88 Å². The molecule has 98 valence electrons. The van der Waals surface area contributed by atoms with Crippen LogP contribution in [0.4, 0.5) is 5.69 Å². The lowest BCUT2D eigenvalue weighted by atomic mass is 10.2. The van der Waals surface area contributed by atoms with Gasteiger partial charge in [-0.05, 0) is 30.3 Å². The van der Waals surface area contributed by atoms with Crippen LogP contribution in [0.5, 0.6) is 5.88 Å². The molecule has 1 heterocycles. The summed E-state index contributed by atoms with van der Waals surface area (Å²) in [4.78, 5) is 16.1. The maximum Gasteiger partial charge on any atom is 0.261 e. The largest absolute Gasteiger partial charge is 0.480 e. The molecule has 1 N–H and O–H groups in total. The molecule has 6 heteroatoms. The number of pyridine rings is 1. The van der Waals surface area contributed by atoms with E-state index in [0.717, 1.165) is 0 Å². The van der Waals surface area contributed by atoms with Crippen LogP contribution >= 0.6 is 23.2 Å². The second kappa shape index (κ2) is 5.91. The van der Waals surface area contributed by atoms with Gasteiger partial charge in [-0.25, -0.2) is 4.98 Å². The Balaban J connectivity index is 2.25. The summed E-state index contributed by atoms with van der Waals surface area (Å²) in [5.41, 5.74) is 0.842. The van der Waals surface area contributed by atoms with Gasteiger partial charge in [0.1, 0.15) is 5.56 Å². The molecular formula is C13H10Cl2N2O2. The zero-order chi connectivity index (χ0) is 13.8. The number of amides is 1. The number of nitrogens with one attached hydrogen (secondary N) is 1. The number of methoxy groups -OCH3 is 1. The van der Waals surface area contributed by atoms with E-state index in [2.05, 4.69) is 10.3 Å². The summed E-state index contributed by atoms with van der Waals surface area (Å²) in [7, 11) is 1.45. The summed E-state index contributed by atoms with van der Waals surface area (Å²) in [5.74, 6) is -0.0867. The molecule has 0 atom stereocenters. The van der Waals surface area contributed by atoms with Gasteiger partial charge in [-0.1, -0.05) is 23.2 Å². The number of aromatic nitrogens is 1. The van der Waals surface area contributed by atoms with E-state index in [9.17, 15) is 4.79 Å². The molecule has 0 saturated heterocycles.